The van der Waals surface area contributed by atoms with Gasteiger partial charge in [-0.05, 0) is 43.5 Å². The fraction of sp³-hybridized carbons (Fsp3) is 0.750. The van der Waals surface area contributed by atoms with Gasteiger partial charge >= 0.3 is 0 Å². The predicted octanol–water partition coefficient (Wildman–Crippen LogP) is 3.94. The number of ether oxygens (including phenoxy) is 1. The van der Waals surface area contributed by atoms with E-state index < -0.39 is 8.32 Å². The Bertz CT molecular complexity index is 445. The molecule has 0 radical (unpaired) electrons. The fourth-order valence-corrected chi connectivity index (χ4v) is 3.74. The third-order valence-corrected chi connectivity index (χ3v) is 9.19. The SMILES string of the molecule is CC(C)(C)[Si](C)(C)O[C@H]1CCC[C@@H]1OCc1ncccn1. The van der Waals surface area contributed by atoms with Crippen LogP contribution in [0.5, 0.6) is 0 Å². The molecule has 1 fully saturated rings. The summed E-state index contributed by atoms with van der Waals surface area (Å²) in [5.41, 5.74) is 0. The van der Waals surface area contributed by atoms with Crippen molar-refractivity contribution in [3.63, 3.8) is 0 Å². The average Bonchev–Trinajstić information content (AvgIpc) is 2.83. The lowest BCUT2D eigenvalue weighted by Crippen LogP contribution is -2.46. The number of hydrogen-bond acceptors (Lipinski definition) is 4. The molecule has 118 valence electrons. The van der Waals surface area contributed by atoms with Gasteiger partial charge in [-0.25, -0.2) is 9.97 Å². The van der Waals surface area contributed by atoms with E-state index in [-0.39, 0.29) is 17.2 Å². The summed E-state index contributed by atoms with van der Waals surface area (Å²) in [6.45, 7) is 11.9. The molecule has 21 heavy (non-hydrogen) atoms. The third kappa shape index (κ3) is 4.34. The van der Waals surface area contributed by atoms with Gasteiger partial charge in [0.1, 0.15) is 6.61 Å². The average molecular weight is 308 g/mol. The zero-order valence-electron chi connectivity index (χ0n) is 13.9. The summed E-state index contributed by atoms with van der Waals surface area (Å²) in [5, 5.41) is 0.239. The summed E-state index contributed by atoms with van der Waals surface area (Å²) in [6, 6.07) is 1.82. The van der Waals surface area contributed by atoms with Crippen LogP contribution in [0, 0.1) is 0 Å². The van der Waals surface area contributed by atoms with Crippen LogP contribution >= 0.6 is 0 Å². The predicted molar refractivity (Wildman–Crippen MR) is 86.5 cm³/mol. The van der Waals surface area contributed by atoms with Crippen LogP contribution in [0.25, 0.3) is 0 Å². The molecule has 1 heterocycles. The van der Waals surface area contributed by atoms with Crippen LogP contribution in [0.15, 0.2) is 18.5 Å². The summed E-state index contributed by atoms with van der Waals surface area (Å²) < 4.78 is 12.6. The molecule has 1 aromatic rings. The zero-order chi connectivity index (χ0) is 15.5. The van der Waals surface area contributed by atoms with Crippen molar-refractivity contribution in [2.24, 2.45) is 0 Å². The highest BCUT2D eigenvalue weighted by Gasteiger charge is 2.42. The smallest absolute Gasteiger partial charge is 0.192 e. The van der Waals surface area contributed by atoms with Crippen molar-refractivity contribution in [2.75, 3.05) is 0 Å². The van der Waals surface area contributed by atoms with Crippen molar-refractivity contribution in [3.05, 3.63) is 24.3 Å². The molecule has 0 N–H and O–H groups in total. The Morgan fingerprint density at radius 1 is 1.14 bits per heavy atom. The summed E-state index contributed by atoms with van der Waals surface area (Å²) in [7, 11) is -1.73. The minimum Gasteiger partial charge on any atom is -0.411 e. The van der Waals surface area contributed by atoms with Gasteiger partial charge in [-0.1, -0.05) is 20.8 Å². The summed E-state index contributed by atoms with van der Waals surface area (Å²) in [4.78, 5) is 8.42. The molecule has 1 aliphatic carbocycles. The van der Waals surface area contributed by atoms with Gasteiger partial charge in [0.2, 0.25) is 0 Å². The lowest BCUT2D eigenvalue weighted by molar-refractivity contribution is -0.0244. The van der Waals surface area contributed by atoms with E-state index in [0.29, 0.717) is 6.61 Å². The number of rotatable bonds is 5. The van der Waals surface area contributed by atoms with Crippen LogP contribution in [-0.4, -0.2) is 30.5 Å². The van der Waals surface area contributed by atoms with Crippen molar-refractivity contribution >= 4 is 8.32 Å². The zero-order valence-corrected chi connectivity index (χ0v) is 14.9. The quantitative estimate of drug-likeness (QED) is 0.773. The van der Waals surface area contributed by atoms with Gasteiger partial charge in [0, 0.05) is 12.4 Å². The Labute approximate surface area is 129 Å². The maximum Gasteiger partial charge on any atom is 0.192 e. The van der Waals surface area contributed by atoms with Crippen LogP contribution in [0.1, 0.15) is 45.9 Å². The molecule has 1 aromatic heterocycles. The highest BCUT2D eigenvalue weighted by Crippen LogP contribution is 2.40. The molecule has 2 rings (SSSR count). The Hall–Kier alpha value is -0.783. The standard InChI is InChI=1S/C16H28N2O2Si/c1-16(2,3)21(4,5)20-14-9-6-8-13(14)19-12-15-17-10-7-11-18-15/h7,10-11,13-14H,6,8-9,12H2,1-5H3/t13-,14-/m0/s1. The highest BCUT2D eigenvalue weighted by molar-refractivity contribution is 6.74. The number of aromatic nitrogens is 2. The molecule has 4 nitrogen and oxygen atoms in total. The first-order valence-electron chi connectivity index (χ1n) is 7.85. The maximum atomic E-state index is 6.54. The Morgan fingerprint density at radius 3 is 2.38 bits per heavy atom. The molecular formula is C16H28N2O2Si. The highest BCUT2D eigenvalue weighted by atomic mass is 28.4. The Kier molecular flexibility index (Phi) is 5.17. The van der Waals surface area contributed by atoms with Crippen LogP contribution in [0.3, 0.4) is 0 Å². The van der Waals surface area contributed by atoms with Gasteiger partial charge in [0.05, 0.1) is 12.2 Å². The molecule has 0 bridgehead atoms. The van der Waals surface area contributed by atoms with E-state index in [1.165, 1.54) is 6.42 Å². The van der Waals surface area contributed by atoms with E-state index in [2.05, 4.69) is 43.8 Å². The maximum absolute atomic E-state index is 6.54. The van der Waals surface area contributed by atoms with Crippen LogP contribution in [0.2, 0.25) is 18.1 Å². The fourth-order valence-electron chi connectivity index (χ4n) is 2.36. The molecule has 1 saturated carbocycles. The van der Waals surface area contributed by atoms with Crippen LogP contribution < -0.4 is 0 Å². The first-order valence-corrected chi connectivity index (χ1v) is 10.8. The lowest BCUT2D eigenvalue weighted by Gasteiger charge is -2.39. The minimum atomic E-state index is -1.73. The van der Waals surface area contributed by atoms with Crippen molar-refractivity contribution in [1.29, 1.82) is 0 Å². The molecular weight excluding hydrogens is 280 g/mol. The van der Waals surface area contributed by atoms with Gasteiger partial charge in [-0.15, -0.1) is 0 Å². The van der Waals surface area contributed by atoms with E-state index in [9.17, 15) is 0 Å². The third-order valence-electron chi connectivity index (χ3n) is 4.69. The Balaban J connectivity index is 1.91. The summed E-state index contributed by atoms with van der Waals surface area (Å²) >= 11 is 0. The van der Waals surface area contributed by atoms with Crippen molar-refractivity contribution in [2.45, 2.75) is 77.0 Å². The summed E-state index contributed by atoms with van der Waals surface area (Å²) in [5.74, 6) is 0.746. The largest absolute Gasteiger partial charge is 0.411 e. The Morgan fingerprint density at radius 2 is 1.76 bits per heavy atom. The molecule has 0 unspecified atom stereocenters. The van der Waals surface area contributed by atoms with Gasteiger partial charge in [0.25, 0.3) is 0 Å². The van der Waals surface area contributed by atoms with Crippen molar-refractivity contribution < 1.29 is 9.16 Å². The normalized spacial score (nSPS) is 23.5. The van der Waals surface area contributed by atoms with Crippen LogP contribution in [-0.2, 0) is 15.8 Å². The molecule has 1 aliphatic rings. The number of nitrogens with zero attached hydrogens (tertiary/aromatic N) is 2. The second kappa shape index (κ2) is 6.54. The van der Waals surface area contributed by atoms with Crippen molar-refractivity contribution in [1.82, 2.24) is 9.97 Å². The summed E-state index contributed by atoms with van der Waals surface area (Å²) in [6.07, 6.45) is 7.28. The molecule has 2 atom stereocenters. The molecule has 5 heteroatoms. The second-order valence-corrected chi connectivity index (χ2v) is 12.1. The monoisotopic (exact) mass is 308 g/mol. The minimum absolute atomic E-state index is 0.183. The van der Waals surface area contributed by atoms with Crippen molar-refractivity contribution in [3.8, 4) is 0 Å². The van der Waals surface area contributed by atoms with E-state index in [1.807, 2.05) is 6.07 Å². The van der Waals surface area contributed by atoms with E-state index in [1.54, 1.807) is 12.4 Å². The lowest BCUT2D eigenvalue weighted by atomic mass is 10.2. The molecule has 0 aliphatic heterocycles. The molecule has 0 aromatic carbocycles. The van der Waals surface area contributed by atoms with Crippen LogP contribution in [0.4, 0.5) is 0 Å². The molecule has 0 saturated heterocycles. The first-order chi connectivity index (χ1) is 9.79. The first kappa shape index (κ1) is 16.6. The van der Waals surface area contributed by atoms with E-state index >= 15 is 0 Å². The van der Waals surface area contributed by atoms with E-state index in [4.69, 9.17) is 9.16 Å². The van der Waals surface area contributed by atoms with Gasteiger partial charge in [-0.3, -0.25) is 0 Å². The molecule has 0 amide bonds. The van der Waals surface area contributed by atoms with Gasteiger partial charge in [-0.2, -0.15) is 0 Å². The second-order valence-electron chi connectivity index (χ2n) is 7.36. The topological polar surface area (TPSA) is 44.2 Å². The number of hydrogen-bond donors (Lipinski definition) is 0. The molecule has 0 spiro atoms. The van der Waals surface area contributed by atoms with Gasteiger partial charge in [0.15, 0.2) is 14.1 Å². The van der Waals surface area contributed by atoms with E-state index in [0.717, 1.165) is 18.7 Å². The van der Waals surface area contributed by atoms with Gasteiger partial charge < -0.3 is 9.16 Å².